The number of hydroxylamine groups is 2. The first-order chi connectivity index (χ1) is 11.8. The number of furan rings is 1. The molecule has 12 nitrogen and oxygen atoms in total. The Morgan fingerprint density at radius 1 is 1.31 bits per heavy atom. The molecule has 4 amide bonds. The molecule has 1 radical (unpaired) electrons. The van der Waals surface area contributed by atoms with Crippen molar-refractivity contribution < 1.29 is 36.1 Å². The van der Waals surface area contributed by atoms with E-state index in [9.17, 15) is 22.8 Å². The first kappa shape index (κ1) is 20.7. The Labute approximate surface area is 170 Å². The number of carbonyl (C=O) groups excluding carboxylic acids is 3. The van der Waals surface area contributed by atoms with Crippen LogP contribution >= 0.6 is 0 Å². The van der Waals surface area contributed by atoms with Crippen LogP contribution in [0.2, 0.25) is 0 Å². The van der Waals surface area contributed by atoms with Crippen molar-refractivity contribution in [1.82, 2.24) is 20.8 Å². The molecule has 0 aliphatic carbocycles. The van der Waals surface area contributed by atoms with E-state index < -0.39 is 40.3 Å². The van der Waals surface area contributed by atoms with E-state index in [1.165, 1.54) is 18.4 Å². The maximum atomic E-state index is 12.2. The smallest absolute Gasteiger partial charge is 0.418 e. The molecule has 2 atom stereocenters. The van der Waals surface area contributed by atoms with Gasteiger partial charge >= 0.3 is 22.3 Å². The van der Waals surface area contributed by atoms with E-state index in [4.69, 9.17) is 8.97 Å². The molecule has 2 fully saturated rings. The third kappa shape index (κ3) is 4.36. The van der Waals surface area contributed by atoms with Gasteiger partial charge in [0.15, 0.2) is 5.76 Å². The fourth-order valence-corrected chi connectivity index (χ4v) is 3.16. The van der Waals surface area contributed by atoms with Gasteiger partial charge in [-0.25, -0.2) is 4.79 Å². The number of hydrazine groups is 1. The topological polar surface area (TPSA) is 158 Å². The third-order valence-electron chi connectivity index (χ3n) is 3.84. The maximum Gasteiger partial charge on any atom is 0.418 e. The monoisotopic (exact) mass is 397 g/mol. The van der Waals surface area contributed by atoms with Crippen LogP contribution < -0.4 is 10.9 Å². The number of nitrogens with zero attached hydrogens (tertiary/aromatic N) is 2. The summed E-state index contributed by atoms with van der Waals surface area (Å²) >= 11 is 0. The van der Waals surface area contributed by atoms with Gasteiger partial charge in [0, 0.05) is 36.1 Å². The summed E-state index contributed by atoms with van der Waals surface area (Å²) in [5, 5.41) is 0.532. The summed E-state index contributed by atoms with van der Waals surface area (Å²) in [6.45, 7) is 0.0541. The average Bonchev–Trinajstić information content (AvgIpc) is 3.16. The molecule has 14 heteroatoms. The first-order valence-electron chi connectivity index (χ1n) is 7.17. The summed E-state index contributed by atoms with van der Waals surface area (Å²) < 4.78 is 39.5. The fraction of sp³-hybridized carbons (Fsp3) is 0.417. The molecular formula is C12H14N4NaO8S. The summed E-state index contributed by atoms with van der Waals surface area (Å²) in [6.07, 6.45) is 1.80. The van der Waals surface area contributed by atoms with Crippen LogP contribution in [-0.4, -0.2) is 89.0 Å². The molecule has 0 aromatic carbocycles. The molecule has 3 rings (SSSR count). The maximum absolute atomic E-state index is 12.2. The molecule has 2 aliphatic heterocycles. The normalized spacial score (nSPS) is 22.0. The van der Waals surface area contributed by atoms with Crippen LogP contribution in [-0.2, 0) is 19.5 Å². The van der Waals surface area contributed by atoms with Crippen molar-refractivity contribution in [2.24, 2.45) is 0 Å². The number of amides is 4. The molecule has 2 saturated heterocycles. The Morgan fingerprint density at radius 2 is 2.04 bits per heavy atom. The van der Waals surface area contributed by atoms with Gasteiger partial charge in [0.2, 0.25) is 0 Å². The SMILES string of the molecule is O=C(NNC(=O)[C@@H]1CC[C@@H]2CN1C(=O)N2OS(=O)(=O)O)c1ccco1.[Na]. The van der Waals surface area contributed by atoms with Gasteiger partial charge in [-0.05, 0) is 25.0 Å². The van der Waals surface area contributed by atoms with Gasteiger partial charge in [0.05, 0.1) is 12.3 Å². The van der Waals surface area contributed by atoms with Gasteiger partial charge in [-0.15, -0.1) is 4.28 Å². The molecule has 2 aliphatic rings. The molecule has 3 N–H and O–H groups in total. The predicted molar refractivity (Wildman–Crippen MR) is 83.5 cm³/mol. The molecule has 3 heterocycles. The number of hydrogen-bond donors (Lipinski definition) is 3. The van der Waals surface area contributed by atoms with Crippen LogP contribution in [0, 0.1) is 0 Å². The molecule has 0 saturated carbocycles. The van der Waals surface area contributed by atoms with Gasteiger partial charge in [0.25, 0.3) is 5.91 Å². The number of hydrogen-bond acceptors (Lipinski definition) is 7. The quantitative estimate of drug-likeness (QED) is 0.320. The van der Waals surface area contributed by atoms with Crippen molar-refractivity contribution in [3.63, 3.8) is 0 Å². The second-order valence-electron chi connectivity index (χ2n) is 5.43. The summed E-state index contributed by atoms with van der Waals surface area (Å²) in [5.41, 5.74) is 4.34. The Bertz CT molecular complexity index is 798. The molecular weight excluding hydrogens is 383 g/mol. The minimum Gasteiger partial charge on any atom is -0.459 e. The van der Waals surface area contributed by atoms with Crippen LogP contribution in [0.5, 0.6) is 0 Å². The van der Waals surface area contributed by atoms with Gasteiger partial charge in [0.1, 0.15) is 6.04 Å². The zero-order valence-corrected chi connectivity index (χ0v) is 16.4. The van der Waals surface area contributed by atoms with E-state index >= 15 is 0 Å². The summed E-state index contributed by atoms with van der Waals surface area (Å²) in [7, 11) is -4.85. The van der Waals surface area contributed by atoms with E-state index in [1.807, 2.05) is 0 Å². The Morgan fingerprint density at radius 3 is 2.65 bits per heavy atom. The number of piperidine rings is 1. The van der Waals surface area contributed by atoms with E-state index in [0.29, 0.717) is 5.06 Å². The van der Waals surface area contributed by atoms with E-state index in [1.54, 1.807) is 0 Å². The van der Waals surface area contributed by atoms with E-state index in [-0.39, 0.29) is 54.7 Å². The zero-order chi connectivity index (χ0) is 18.2. The molecule has 1 aromatic heterocycles. The minimum absolute atomic E-state index is 0. The number of nitrogens with one attached hydrogen (secondary N) is 2. The van der Waals surface area contributed by atoms with E-state index in [2.05, 4.69) is 15.1 Å². The van der Waals surface area contributed by atoms with Crippen LogP contribution in [0.4, 0.5) is 4.79 Å². The third-order valence-corrected chi connectivity index (χ3v) is 4.19. The standard InChI is InChI=1S/C12H14N4O8S.Na/c17-10(13-14-11(18)9-2-1-5-23-9)8-4-3-7-6-15(8)12(19)16(7)24-25(20,21)22;/h1-2,5,7-8H,3-4,6H2,(H,13,17)(H,14,18)(H,20,21,22);/t7-,8+;/m1./s1. The van der Waals surface area contributed by atoms with Crippen LogP contribution in [0.3, 0.4) is 0 Å². The van der Waals surface area contributed by atoms with Crippen molar-refractivity contribution in [3.05, 3.63) is 24.2 Å². The van der Waals surface area contributed by atoms with Crippen LogP contribution in [0.25, 0.3) is 0 Å². The second kappa shape index (κ2) is 7.94. The summed E-state index contributed by atoms with van der Waals surface area (Å²) in [4.78, 5) is 37.2. The number of rotatable bonds is 4. The first-order valence-corrected chi connectivity index (χ1v) is 8.53. The van der Waals surface area contributed by atoms with Crippen molar-refractivity contribution in [1.29, 1.82) is 0 Å². The largest absolute Gasteiger partial charge is 0.459 e. The molecule has 26 heavy (non-hydrogen) atoms. The number of fused-ring (bicyclic) bond motifs is 2. The molecule has 0 unspecified atom stereocenters. The number of urea groups is 1. The van der Waals surface area contributed by atoms with Gasteiger partial charge < -0.3 is 9.32 Å². The van der Waals surface area contributed by atoms with Crippen LogP contribution in [0.1, 0.15) is 23.4 Å². The van der Waals surface area contributed by atoms with Gasteiger partial charge in [-0.2, -0.15) is 13.5 Å². The average molecular weight is 397 g/mol. The molecule has 137 valence electrons. The molecule has 2 bridgehead atoms. The summed E-state index contributed by atoms with van der Waals surface area (Å²) in [5.74, 6) is -1.33. The Hall–Kier alpha value is -1.64. The number of carbonyl (C=O) groups is 3. The van der Waals surface area contributed by atoms with Crippen LogP contribution in [0.15, 0.2) is 22.8 Å². The van der Waals surface area contributed by atoms with Gasteiger partial charge in [-0.3, -0.25) is 25.0 Å². The molecule has 1 aromatic rings. The fourth-order valence-electron chi connectivity index (χ4n) is 2.78. The van der Waals surface area contributed by atoms with Crippen molar-refractivity contribution >= 4 is 57.8 Å². The van der Waals surface area contributed by atoms with E-state index in [0.717, 1.165) is 4.90 Å². The second-order valence-corrected chi connectivity index (χ2v) is 6.44. The van der Waals surface area contributed by atoms with Crippen molar-refractivity contribution in [2.75, 3.05) is 6.54 Å². The predicted octanol–water partition coefficient (Wildman–Crippen LogP) is -1.34. The van der Waals surface area contributed by atoms with Crippen molar-refractivity contribution in [2.45, 2.75) is 24.9 Å². The minimum atomic E-state index is -4.85. The van der Waals surface area contributed by atoms with Crippen molar-refractivity contribution in [3.8, 4) is 0 Å². The zero-order valence-electron chi connectivity index (χ0n) is 13.6. The summed E-state index contributed by atoms with van der Waals surface area (Å²) in [6, 6.07) is 0.524. The molecule has 0 spiro atoms. The van der Waals surface area contributed by atoms with Gasteiger partial charge in [-0.1, -0.05) is 0 Å². The Kier molecular flexibility index (Phi) is 6.31. The Balaban J connectivity index is 0.00000243.